The Balaban J connectivity index is 2.09. The van der Waals surface area contributed by atoms with Crippen molar-refractivity contribution < 1.29 is 14.7 Å². The Morgan fingerprint density at radius 3 is 2.67 bits per heavy atom. The summed E-state index contributed by atoms with van der Waals surface area (Å²) in [5.74, 6) is -1.24. The molecular formula is C11H16N4O3. The molecule has 0 aliphatic carbocycles. The number of nitrogens with zero attached hydrogens (tertiary/aromatic N) is 1. The summed E-state index contributed by atoms with van der Waals surface area (Å²) in [7, 11) is 0. The molecule has 4 N–H and O–H groups in total. The van der Waals surface area contributed by atoms with Crippen molar-refractivity contribution in [1.82, 2.24) is 15.5 Å². The first-order valence-corrected chi connectivity index (χ1v) is 5.89. The minimum absolute atomic E-state index is 0.0253. The van der Waals surface area contributed by atoms with E-state index in [1.807, 2.05) is 0 Å². The number of carboxylic acids is 1. The van der Waals surface area contributed by atoms with Crippen molar-refractivity contribution in [2.24, 2.45) is 5.92 Å². The van der Waals surface area contributed by atoms with E-state index < -0.39 is 5.97 Å². The lowest BCUT2D eigenvalue weighted by atomic mass is 9.97. The fourth-order valence-electron chi connectivity index (χ4n) is 2.08. The molecule has 2 rings (SSSR count). The normalized spacial score (nSPS) is 16.5. The molecule has 0 spiro atoms. The number of carbonyl (C=O) groups excluding carboxylic acids is 1. The highest BCUT2D eigenvalue weighted by atomic mass is 16.4. The Hall–Kier alpha value is -1.89. The number of H-pyrrole nitrogens is 1. The summed E-state index contributed by atoms with van der Waals surface area (Å²) in [5, 5.41) is 21.2. The summed E-state index contributed by atoms with van der Waals surface area (Å²) in [5.41, 5.74) is 0.459. The number of hydrogen-bond donors (Lipinski definition) is 4. The predicted molar refractivity (Wildman–Crippen MR) is 64.5 cm³/mol. The number of nitrogens with one attached hydrogen (secondary N) is 3. The van der Waals surface area contributed by atoms with Gasteiger partial charge in [0.05, 0.1) is 0 Å². The number of amides is 1. The number of carbonyl (C=O) groups is 2. The van der Waals surface area contributed by atoms with E-state index in [0.29, 0.717) is 5.69 Å². The third kappa shape index (κ3) is 2.51. The zero-order valence-corrected chi connectivity index (χ0v) is 10.1. The second kappa shape index (κ2) is 5.18. The number of aromatic carboxylic acids is 1. The zero-order chi connectivity index (χ0) is 13.1. The van der Waals surface area contributed by atoms with Crippen LogP contribution in [0.2, 0.25) is 0 Å². The summed E-state index contributed by atoms with van der Waals surface area (Å²) in [4.78, 5) is 23.0. The van der Waals surface area contributed by atoms with E-state index >= 15 is 0 Å². The largest absolute Gasteiger partial charge is 0.477 e. The third-order valence-corrected chi connectivity index (χ3v) is 3.11. The van der Waals surface area contributed by atoms with Crippen LogP contribution in [0.1, 0.15) is 28.9 Å². The average molecular weight is 252 g/mol. The Kier molecular flexibility index (Phi) is 3.61. The molecule has 7 nitrogen and oxygen atoms in total. The van der Waals surface area contributed by atoms with E-state index in [-0.39, 0.29) is 23.2 Å². The molecule has 0 aromatic carbocycles. The second-order valence-electron chi connectivity index (χ2n) is 4.39. The minimum Gasteiger partial charge on any atom is -0.477 e. The van der Waals surface area contributed by atoms with E-state index in [2.05, 4.69) is 20.8 Å². The van der Waals surface area contributed by atoms with E-state index in [9.17, 15) is 9.59 Å². The molecule has 2 heterocycles. The van der Waals surface area contributed by atoms with Crippen molar-refractivity contribution in [3.05, 3.63) is 11.3 Å². The van der Waals surface area contributed by atoms with Crippen LogP contribution < -0.4 is 10.6 Å². The molecular weight excluding hydrogens is 236 g/mol. The molecule has 1 fully saturated rings. The van der Waals surface area contributed by atoms with Gasteiger partial charge in [0.25, 0.3) is 0 Å². The van der Waals surface area contributed by atoms with Crippen LogP contribution in [-0.4, -0.2) is 40.3 Å². The number of rotatable bonds is 3. The number of aromatic nitrogens is 2. The summed E-state index contributed by atoms with van der Waals surface area (Å²) in [6.07, 6.45) is 1.52. The summed E-state index contributed by atoms with van der Waals surface area (Å²) in [6.45, 7) is 3.23. The van der Waals surface area contributed by atoms with Crippen molar-refractivity contribution >= 4 is 17.7 Å². The SMILES string of the molecule is Cc1[nH]nc(NC(=O)C2CCNCC2)c1C(=O)O. The molecule has 98 valence electrons. The van der Waals surface area contributed by atoms with Crippen LogP contribution in [0.25, 0.3) is 0 Å². The van der Waals surface area contributed by atoms with Gasteiger partial charge >= 0.3 is 5.97 Å². The van der Waals surface area contributed by atoms with Gasteiger partial charge in [-0.25, -0.2) is 4.79 Å². The standard InChI is InChI=1S/C11H16N4O3/c1-6-8(11(17)18)9(15-14-6)13-10(16)7-2-4-12-5-3-7/h7,12H,2-5H2,1H3,(H,17,18)(H2,13,14,15,16). The number of aryl methyl sites for hydroxylation is 1. The Morgan fingerprint density at radius 2 is 2.06 bits per heavy atom. The molecule has 0 saturated carbocycles. The van der Waals surface area contributed by atoms with Crippen molar-refractivity contribution in [3.8, 4) is 0 Å². The topological polar surface area (TPSA) is 107 Å². The second-order valence-corrected chi connectivity index (χ2v) is 4.39. The van der Waals surface area contributed by atoms with Gasteiger partial charge in [-0.05, 0) is 32.9 Å². The van der Waals surface area contributed by atoms with Gasteiger partial charge < -0.3 is 15.7 Å². The summed E-state index contributed by atoms with van der Waals surface area (Å²) >= 11 is 0. The van der Waals surface area contributed by atoms with Gasteiger partial charge in [0.1, 0.15) is 5.56 Å². The molecule has 1 aliphatic heterocycles. The molecule has 0 atom stereocenters. The molecule has 1 aromatic heterocycles. The lowest BCUT2D eigenvalue weighted by Gasteiger charge is -2.21. The molecule has 7 heteroatoms. The Morgan fingerprint density at radius 1 is 1.39 bits per heavy atom. The number of hydrogen-bond acceptors (Lipinski definition) is 4. The highest BCUT2D eigenvalue weighted by molar-refractivity contribution is 6.00. The monoisotopic (exact) mass is 252 g/mol. The number of aromatic amines is 1. The molecule has 1 aromatic rings. The molecule has 18 heavy (non-hydrogen) atoms. The lowest BCUT2D eigenvalue weighted by Crippen LogP contribution is -2.34. The molecule has 1 saturated heterocycles. The summed E-state index contributed by atoms with van der Waals surface area (Å²) in [6, 6.07) is 0. The molecule has 0 bridgehead atoms. The number of anilines is 1. The van der Waals surface area contributed by atoms with Crippen LogP contribution in [-0.2, 0) is 4.79 Å². The first-order chi connectivity index (χ1) is 8.59. The molecule has 1 amide bonds. The van der Waals surface area contributed by atoms with Crippen molar-refractivity contribution in [1.29, 1.82) is 0 Å². The fourth-order valence-corrected chi connectivity index (χ4v) is 2.08. The van der Waals surface area contributed by atoms with E-state index in [0.717, 1.165) is 25.9 Å². The zero-order valence-electron chi connectivity index (χ0n) is 10.1. The summed E-state index contributed by atoms with van der Waals surface area (Å²) < 4.78 is 0. The van der Waals surface area contributed by atoms with Crippen LogP contribution in [0.3, 0.4) is 0 Å². The van der Waals surface area contributed by atoms with E-state index in [1.54, 1.807) is 6.92 Å². The number of carboxylic acid groups (broad SMARTS) is 1. The quantitative estimate of drug-likeness (QED) is 0.621. The lowest BCUT2D eigenvalue weighted by molar-refractivity contribution is -0.120. The Bertz CT molecular complexity index is 463. The van der Waals surface area contributed by atoms with Crippen LogP contribution in [0, 0.1) is 12.8 Å². The van der Waals surface area contributed by atoms with Gasteiger partial charge in [-0.3, -0.25) is 9.89 Å². The average Bonchev–Trinajstić information content (AvgIpc) is 2.71. The van der Waals surface area contributed by atoms with Crippen molar-refractivity contribution in [2.45, 2.75) is 19.8 Å². The maximum atomic E-state index is 12.0. The Labute approximate surface area is 104 Å². The van der Waals surface area contributed by atoms with Gasteiger partial charge in [0.2, 0.25) is 5.91 Å². The van der Waals surface area contributed by atoms with Gasteiger partial charge in [0, 0.05) is 11.6 Å². The molecule has 0 unspecified atom stereocenters. The fraction of sp³-hybridized carbons (Fsp3) is 0.545. The minimum atomic E-state index is -1.10. The maximum absolute atomic E-state index is 12.0. The van der Waals surface area contributed by atoms with Gasteiger partial charge in [-0.15, -0.1) is 0 Å². The first-order valence-electron chi connectivity index (χ1n) is 5.89. The van der Waals surface area contributed by atoms with E-state index in [1.165, 1.54) is 0 Å². The van der Waals surface area contributed by atoms with Crippen LogP contribution in [0.15, 0.2) is 0 Å². The predicted octanol–water partition coefficient (Wildman–Crippen LogP) is 0.354. The first kappa shape index (κ1) is 12.6. The van der Waals surface area contributed by atoms with E-state index in [4.69, 9.17) is 5.11 Å². The molecule has 1 aliphatic rings. The van der Waals surface area contributed by atoms with Crippen LogP contribution in [0.5, 0.6) is 0 Å². The third-order valence-electron chi connectivity index (χ3n) is 3.11. The van der Waals surface area contributed by atoms with Gasteiger partial charge in [-0.1, -0.05) is 0 Å². The highest BCUT2D eigenvalue weighted by Gasteiger charge is 2.24. The smallest absolute Gasteiger partial charge is 0.341 e. The number of piperidine rings is 1. The highest BCUT2D eigenvalue weighted by Crippen LogP contribution is 2.19. The molecule has 0 radical (unpaired) electrons. The van der Waals surface area contributed by atoms with Gasteiger partial charge in [-0.2, -0.15) is 5.10 Å². The van der Waals surface area contributed by atoms with Crippen molar-refractivity contribution in [2.75, 3.05) is 18.4 Å². The van der Waals surface area contributed by atoms with Gasteiger partial charge in [0.15, 0.2) is 5.82 Å². The van der Waals surface area contributed by atoms with Crippen molar-refractivity contribution in [3.63, 3.8) is 0 Å². The van der Waals surface area contributed by atoms with Crippen LogP contribution in [0.4, 0.5) is 5.82 Å². The van der Waals surface area contributed by atoms with Crippen LogP contribution >= 0.6 is 0 Å². The maximum Gasteiger partial charge on any atom is 0.341 e.